The smallest absolute Gasteiger partial charge is 0.401 e. The summed E-state index contributed by atoms with van der Waals surface area (Å²) >= 11 is 2.52. The van der Waals surface area contributed by atoms with Crippen LogP contribution < -0.4 is 0 Å². The zero-order valence-corrected chi connectivity index (χ0v) is 12.4. The van der Waals surface area contributed by atoms with Crippen molar-refractivity contribution in [1.82, 2.24) is 0 Å². The minimum Gasteiger partial charge on any atom is -0.401 e. The molecule has 0 N–H and O–H groups in total. The quantitative estimate of drug-likeness (QED) is 0.356. The SMILES string of the molecule is C=CCSC1=N/C(=C/C=C\c2ccc([N+](=O)[O-])o2)C(=O)S1. The van der Waals surface area contributed by atoms with Crippen LogP contribution in [0.1, 0.15) is 5.76 Å². The lowest BCUT2D eigenvalue weighted by atomic mass is 10.3. The second-order valence-corrected chi connectivity index (χ2v) is 5.94. The Kier molecular flexibility index (Phi) is 5.18. The van der Waals surface area contributed by atoms with Gasteiger partial charge in [-0.05, 0) is 30.0 Å². The van der Waals surface area contributed by atoms with E-state index >= 15 is 0 Å². The van der Waals surface area contributed by atoms with Gasteiger partial charge in [0.15, 0.2) is 0 Å². The summed E-state index contributed by atoms with van der Waals surface area (Å²) in [5.74, 6) is 0.705. The minimum absolute atomic E-state index is 0.128. The molecule has 2 rings (SSSR count). The van der Waals surface area contributed by atoms with Crippen LogP contribution in [0.4, 0.5) is 5.88 Å². The third-order valence-electron chi connectivity index (χ3n) is 2.23. The number of thioether (sulfide) groups is 2. The molecular formula is C13H10N2O4S2. The average Bonchev–Trinajstić information content (AvgIpc) is 3.04. The summed E-state index contributed by atoms with van der Waals surface area (Å²) < 4.78 is 5.64. The van der Waals surface area contributed by atoms with E-state index in [0.717, 1.165) is 11.8 Å². The molecule has 21 heavy (non-hydrogen) atoms. The van der Waals surface area contributed by atoms with Crippen molar-refractivity contribution in [1.29, 1.82) is 0 Å². The first-order chi connectivity index (χ1) is 10.1. The number of rotatable bonds is 5. The molecule has 0 bridgehead atoms. The molecule has 0 saturated heterocycles. The van der Waals surface area contributed by atoms with Crippen molar-refractivity contribution in [3.8, 4) is 0 Å². The number of carbonyl (C=O) groups is 1. The lowest BCUT2D eigenvalue weighted by molar-refractivity contribution is -0.402. The molecule has 1 aromatic heterocycles. The van der Waals surface area contributed by atoms with Crippen molar-refractivity contribution in [3.05, 3.63) is 58.5 Å². The number of nitro groups is 1. The molecular weight excluding hydrogens is 312 g/mol. The molecule has 0 fully saturated rings. The van der Waals surface area contributed by atoms with E-state index in [2.05, 4.69) is 11.6 Å². The van der Waals surface area contributed by atoms with Gasteiger partial charge in [-0.15, -0.1) is 6.58 Å². The standard InChI is InChI=1S/C13H10N2O4S2/c1-2-8-20-13-14-10(12(16)21-13)5-3-4-9-6-7-11(19-9)15(17)18/h2-7H,1,8H2/b4-3-,10-5+. The minimum atomic E-state index is -0.611. The van der Waals surface area contributed by atoms with Crippen LogP contribution >= 0.6 is 23.5 Å². The van der Waals surface area contributed by atoms with E-state index < -0.39 is 4.92 Å². The van der Waals surface area contributed by atoms with E-state index in [4.69, 9.17) is 4.42 Å². The van der Waals surface area contributed by atoms with Crippen LogP contribution in [0.15, 0.2) is 52.0 Å². The average molecular weight is 322 g/mol. The van der Waals surface area contributed by atoms with E-state index in [1.807, 2.05) is 0 Å². The molecule has 0 aromatic carbocycles. The van der Waals surface area contributed by atoms with Gasteiger partial charge in [0.2, 0.25) is 5.12 Å². The molecule has 1 aliphatic rings. The second-order valence-electron chi connectivity index (χ2n) is 3.71. The Morgan fingerprint density at radius 3 is 3.00 bits per heavy atom. The third-order valence-corrected chi connectivity index (χ3v) is 4.24. The van der Waals surface area contributed by atoms with Crippen molar-refractivity contribution >= 4 is 45.0 Å². The van der Waals surface area contributed by atoms with Crippen LogP contribution in [0.3, 0.4) is 0 Å². The van der Waals surface area contributed by atoms with Crippen molar-refractivity contribution in [3.63, 3.8) is 0 Å². The Bertz CT molecular complexity index is 673. The fraction of sp³-hybridized carbons (Fsp3) is 0.0769. The summed E-state index contributed by atoms with van der Waals surface area (Å²) in [4.78, 5) is 25.7. The number of hydrogen-bond acceptors (Lipinski definition) is 7. The highest BCUT2D eigenvalue weighted by molar-refractivity contribution is 8.45. The van der Waals surface area contributed by atoms with E-state index in [-0.39, 0.29) is 11.0 Å². The van der Waals surface area contributed by atoms with Gasteiger partial charge in [-0.25, -0.2) is 4.99 Å². The molecule has 0 amide bonds. The summed E-state index contributed by atoms with van der Waals surface area (Å²) in [5, 5.41) is 10.3. The van der Waals surface area contributed by atoms with Crippen LogP contribution in [0.25, 0.3) is 6.08 Å². The van der Waals surface area contributed by atoms with Gasteiger partial charge >= 0.3 is 5.88 Å². The first-order valence-electron chi connectivity index (χ1n) is 5.77. The molecule has 2 heterocycles. The molecule has 0 radical (unpaired) electrons. The highest BCUT2D eigenvalue weighted by atomic mass is 32.2. The van der Waals surface area contributed by atoms with Gasteiger partial charge in [-0.1, -0.05) is 23.9 Å². The van der Waals surface area contributed by atoms with Crippen molar-refractivity contribution < 1.29 is 14.1 Å². The number of furan rings is 1. The molecule has 1 aliphatic heterocycles. The molecule has 0 saturated carbocycles. The Hall–Kier alpha value is -2.06. The number of nitrogens with zero attached hydrogens (tertiary/aromatic N) is 2. The molecule has 0 spiro atoms. The summed E-state index contributed by atoms with van der Waals surface area (Å²) in [6.45, 7) is 3.60. The summed E-state index contributed by atoms with van der Waals surface area (Å²) in [6.07, 6.45) is 6.39. The number of carbonyl (C=O) groups excluding carboxylic acids is 1. The van der Waals surface area contributed by atoms with Crippen molar-refractivity contribution in [2.45, 2.75) is 0 Å². The second kappa shape index (κ2) is 7.09. The number of hydrogen-bond donors (Lipinski definition) is 0. The van der Waals surface area contributed by atoms with Gasteiger partial charge in [0.1, 0.15) is 20.8 Å². The zero-order chi connectivity index (χ0) is 15.2. The monoisotopic (exact) mass is 322 g/mol. The maximum atomic E-state index is 11.7. The van der Waals surface area contributed by atoms with Crippen LogP contribution in [0.2, 0.25) is 0 Å². The molecule has 6 nitrogen and oxygen atoms in total. The van der Waals surface area contributed by atoms with Crippen LogP contribution in [-0.4, -0.2) is 20.2 Å². The van der Waals surface area contributed by atoms with E-state index in [1.54, 1.807) is 18.2 Å². The van der Waals surface area contributed by atoms with Gasteiger partial charge in [-0.3, -0.25) is 14.9 Å². The maximum absolute atomic E-state index is 11.7. The molecule has 1 aromatic rings. The number of allylic oxidation sites excluding steroid dienone is 2. The third kappa shape index (κ3) is 4.20. The lowest BCUT2D eigenvalue weighted by Gasteiger charge is -1.90. The largest absolute Gasteiger partial charge is 0.433 e. The first kappa shape index (κ1) is 15.3. The lowest BCUT2D eigenvalue weighted by Crippen LogP contribution is -1.87. The van der Waals surface area contributed by atoms with Crippen LogP contribution in [0.5, 0.6) is 0 Å². The highest BCUT2D eigenvalue weighted by Gasteiger charge is 2.21. The fourth-order valence-electron chi connectivity index (χ4n) is 1.36. The van der Waals surface area contributed by atoms with E-state index in [0.29, 0.717) is 21.6 Å². The van der Waals surface area contributed by atoms with Gasteiger partial charge in [0.25, 0.3) is 0 Å². The van der Waals surface area contributed by atoms with Gasteiger partial charge in [0, 0.05) is 5.75 Å². The summed E-state index contributed by atoms with van der Waals surface area (Å²) in [5.41, 5.74) is 0.337. The summed E-state index contributed by atoms with van der Waals surface area (Å²) in [6, 6.07) is 2.75. The van der Waals surface area contributed by atoms with Gasteiger partial charge < -0.3 is 4.42 Å². The van der Waals surface area contributed by atoms with Gasteiger partial charge in [0.05, 0.1) is 6.07 Å². The van der Waals surface area contributed by atoms with E-state index in [1.165, 1.54) is 30.0 Å². The molecule has 0 atom stereocenters. The van der Waals surface area contributed by atoms with Crippen LogP contribution in [0, 0.1) is 10.1 Å². The Balaban J connectivity index is 2.03. The van der Waals surface area contributed by atoms with Crippen molar-refractivity contribution in [2.24, 2.45) is 4.99 Å². The molecule has 0 aliphatic carbocycles. The maximum Gasteiger partial charge on any atom is 0.433 e. The Morgan fingerprint density at radius 2 is 2.33 bits per heavy atom. The van der Waals surface area contributed by atoms with E-state index in [9.17, 15) is 14.9 Å². The van der Waals surface area contributed by atoms with Crippen LogP contribution in [-0.2, 0) is 4.79 Å². The predicted molar refractivity (Wildman–Crippen MR) is 85.2 cm³/mol. The Morgan fingerprint density at radius 1 is 1.52 bits per heavy atom. The predicted octanol–water partition coefficient (Wildman–Crippen LogP) is 3.63. The fourth-order valence-corrected chi connectivity index (χ4v) is 2.97. The topological polar surface area (TPSA) is 85.7 Å². The zero-order valence-electron chi connectivity index (χ0n) is 10.7. The molecule has 0 unspecified atom stereocenters. The van der Waals surface area contributed by atoms with Crippen molar-refractivity contribution in [2.75, 3.05) is 5.75 Å². The number of aliphatic imine (C=N–C) groups is 1. The molecule has 108 valence electrons. The van der Waals surface area contributed by atoms with Gasteiger partial charge in [-0.2, -0.15) is 0 Å². The normalized spacial score (nSPS) is 16.7. The Labute approximate surface area is 128 Å². The molecule has 8 heteroatoms. The first-order valence-corrected chi connectivity index (χ1v) is 7.57. The summed E-state index contributed by atoms with van der Waals surface area (Å²) in [7, 11) is 0. The highest BCUT2D eigenvalue weighted by Crippen LogP contribution is 2.29.